The molecule has 152 valence electrons. The number of aryl methyl sites for hydroxylation is 1. The van der Waals surface area contributed by atoms with E-state index < -0.39 is 0 Å². The molecule has 0 atom stereocenters. The van der Waals surface area contributed by atoms with Crippen LogP contribution in [-0.4, -0.2) is 25.2 Å². The maximum atomic E-state index is 12.2. The number of hydrogen-bond donors (Lipinski definition) is 1. The number of rotatable bonds is 7. The molecular formula is C24H22N2O4. The minimum Gasteiger partial charge on any atom is -0.488 e. The third kappa shape index (κ3) is 5.54. The number of carbonyl (C=O) groups excluding carboxylic acids is 2. The molecule has 0 aliphatic rings. The maximum Gasteiger partial charge on any atom is 0.337 e. The van der Waals surface area contributed by atoms with E-state index in [0.29, 0.717) is 23.5 Å². The molecule has 0 aliphatic heterocycles. The van der Waals surface area contributed by atoms with Crippen molar-refractivity contribution in [3.05, 3.63) is 101 Å². The molecule has 1 N–H and O–H groups in total. The second-order valence-electron chi connectivity index (χ2n) is 6.58. The summed E-state index contributed by atoms with van der Waals surface area (Å²) in [4.78, 5) is 23.7. The van der Waals surface area contributed by atoms with Crippen molar-refractivity contribution in [2.45, 2.75) is 13.5 Å². The molecule has 6 heteroatoms. The minimum absolute atomic E-state index is 0.279. The van der Waals surface area contributed by atoms with Gasteiger partial charge in [-0.25, -0.2) is 10.2 Å². The lowest BCUT2D eigenvalue weighted by Gasteiger charge is -2.09. The van der Waals surface area contributed by atoms with Crippen LogP contribution in [0.2, 0.25) is 0 Å². The zero-order valence-electron chi connectivity index (χ0n) is 16.8. The zero-order chi connectivity index (χ0) is 21.3. The maximum absolute atomic E-state index is 12.2. The van der Waals surface area contributed by atoms with Gasteiger partial charge in [0.15, 0.2) is 0 Å². The fraction of sp³-hybridized carbons (Fsp3) is 0.125. The van der Waals surface area contributed by atoms with Gasteiger partial charge < -0.3 is 9.47 Å². The van der Waals surface area contributed by atoms with Crippen LogP contribution in [0.4, 0.5) is 0 Å². The predicted molar refractivity (Wildman–Crippen MR) is 115 cm³/mol. The molecule has 0 saturated heterocycles. The van der Waals surface area contributed by atoms with Crippen molar-refractivity contribution in [3.8, 4) is 5.75 Å². The number of para-hydroxylation sites is 1. The molecule has 30 heavy (non-hydrogen) atoms. The van der Waals surface area contributed by atoms with Gasteiger partial charge >= 0.3 is 5.97 Å². The van der Waals surface area contributed by atoms with E-state index in [2.05, 4.69) is 10.5 Å². The van der Waals surface area contributed by atoms with Gasteiger partial charge in [0.1, 0.15) is 12.4 Å². The van der Waals surface area contributed by atoms with E-state index in [-0.39, 0.29) is 11.9 Å². The van der Waals surface area contributed by atoms with Crippen LogP contribution < -0.4 is 10.2 Å². The van der Waals surface area contributed by atoms with Crippen LogP contribution in [0.3, 0.4) is 0 Å². The average Bonchev–Trinajstić information content (AvgIpc) is 2.78. The fourth-order valence-corrected chi connectivity index (χ4v) is 2.75. The summed E-state index contributed by atoms with van der Waals surface area (Å²) < 4.78 is 10.6. The summed E-state index contributed by atoms with van der Waals surface area (Å²) in [5, 5.41) is 4.05. The number of esters is 1. The summed E-state index contributed by atoms with van der Waals surface area (Å²) >= 11 is 0. The third-order valence-corrected chi connectivity index (χ3v) is 4.34. The van der Waals surface area contributed by atoms with Crippen molar-refractivity contribution < 1.29 is 19.1 Å². The first kappa shape index (κ1) is 20.8. The Bertz CT molecular complexity index is 1060. The molecule has 1 amide bonds. The van der Waals surface area contributed by atoms with Crippen LogP contribution >= 0.6 is 0 Å². The highest BCUT2D eigenvalue weighted by molar-refractivity contribution is 5.95. The number of carbonyl (C=O) groups is 2. The van der Waals surface area contributed by atoms with Crippen LogP contribution in [0.5, 0.6) is 5.75 Å². The molecule has 0 fully saturated rings. The van der Waals surface area contributed by atoms with Crippen LogP contribution in [-0.2, 0) is 11.3 Å². The lowest BCUT2D eigenvalue weighted by molar-refractivity contribution is 0.0600. The van der Waals surface area contributed by atoms with E-state index in [9.17, 15) is 9.59 Å². The van der Waals surface area contributed by atoms with Gasteiger partial charge in [-0.15, -0.1) is 0 Å². The molecule has 0 radical (unpaired) electrons. The number of benzene rings is 3. The Kier molecular flexibility index (Phi) is 6.95. The van der Waals surface area contributed by atoms with Crippen molar-refractivity contribution in [1.29, 1.82) is 0 Å². The number of methoxy groups -OCH3 is 1. The van der Waals surface area contributed by atoms with Crippen LogP contribution in [0.1, 0.15) is 37.4 Å². The summed E-state index contributed by atoms with van der Waals surface area (Å²) in [7, 11) is 1.35. The SMILES string of the molecule is COC(=O)c1ccc(COc2ccccc2/C=N\NC(=O)c2cccc(C)c2)cc1. The Morgan fingerprint density at radius 1 is 0.967 bits per heavy atom. The molecule has 0 bridgehead atoms. The van der Waals surface area contributed by atoms with Gasteiger partial charge in [-0.1, -0.05) is 42.0 Å². The molecule has 3 rings (SSSR count). The molecule has 0 saturated carbocycles. The Morgan fingerprint density at radius 2 is 1.73 bits per heavy atom. The molecule has 6 nitrogen and oxygen atoms in total. The number of amides is 1. The van der Waals surface area contributed by atoms with Crippen molar-refractivity contribution in [2.24, 2.45) is 5.10 Å². The van der Waals surface area contributed by atoms with Crippen molar-refractivity contribution in [3.63, 3.8) is 0 Å². The average molecular weight is 402 g/mol. The lowest BCUT2D eigenvalue weighted by atomic mass is 10.1. The summed E-state index contributed by atoms with van der Waals surface area (Å²) in [5.41, 5.74) is 6.20. The Hall–Kier alpha value is -3.93. The molecule has 0 unspecified atom stereocenters. The van der Waals surface area contributed by atoms with Gasteiger partial charge in [-0.3, -0.25) is 4.79 Å². The first-order valence-electron chi connectivity index (χ1n) is 9.36. The summed E-state index contributed by atoms with van der Waals surface area (Å²) in [5.74, 6) is -0.0288. The molecule has 0 heterocycles. The first-order chi connectivity index (χ1) is 14.6. The molecule has 0 spiro atoms. The monoisotopic (exact) mass is 402 g/mol. The topological polar surface area (TPSA) is 77.0 Å². The van der Waals surface area contributed by atoms with E-state index in [1.54, 1.807) is 30.5 Å². The highest BCUT2D eigenvalue weighted by atomic mass is 16.5. The zero-order valence-corrected chi connectivity index (χ0v) is 16.8. The molecule has 0 aromatic heterocycles. The van der Waals surface area contributed by atoms with E-state index in [4.69, 9.17) is 9.47 Å². The number of nitrogens with one attached hydrogen (secondary N) is 1. The fourth-order valence-electron chi connectivity index (χ4n) is 2.75. The number of hydrogen-bond acceptors (Lipinski definition) is 5. The van der Waals surface area contributed by atoms with Gasteiger partial charge in [0, 0.05) is 11.1 Å². The second-order valence-corrected chi connectivity index (χ2v) is 6.58. The van der Waals surface area contributed by atoms with Crippen molar-refractivity contribution in [2.75, 3.05) is 7.11 Å². The third-order valence-electron chi connectivity index (χ3n) is 4.34. The van der Waals surface area contributed by atoms with E-state index >= 15 is 0 Å². The Labute approximate surface area is 175 Å². The van der Waals surface area contributed by atoms with Crippen LogP contribution in [0.25, 0.3) is 0 Å². The molecular weight excluding hydrogens is 380 g/mol. The summed E-state index contributed by atoms with van der Waals surface area (Å²) in [6, 6.07) is 21.7. The van der Waals surface area contributed by atoms with E-state index in [0.717, 1.165) is 16.7 Å². The van der Waals surface area contributed by atoms with Gasteiger partial charge in [-0.2, -0.15) is 5.10 Å². The normalized spacial score (nSPS) is 10.6. The molecule has 3 aromatic carbocycles. The Morgan fingerprint density at radius 3 is 2.47 bits per heavy atom. The number of nitrogens with zero attached hydrogens (tertiary/aromatic N) is 1. The standard InChI is InChI=1S/C24H22N2O4/c1-17-6-5-8-20(14-17)23(27)26-25-15-21-7-3-4-9-22(21)30-16-18-10-12-19(13-11-18)24(28)29-2/h3-15H,16H2,1-2H3,(H,26,27)/b25-15-. The van der Waals surface area contributed by atoms with E-state index in [1.807, 2.05) is 55.5 Å². The number of ether oxygens (including phenoxy) is 2. The largest absolute Gasteiger partial charge is 0.488 e. The predicted octanol–water partition coefficient (Wildman–Crippen LogP) is 4.12. The van der Waals surface area contributed by atoms with Crippen molar-refractivity contribution in [1.82, 2.24) is 5.43 Å². The van der Waals surface area contributed by atoms with Crippen molar-refractivity contribution >= 4 is 18.1 Å². The lowest BCUT2D eigenvalue weighted by Crippen LogP contribution is -2.17. The van der Waals surface area contributed by atoms with Gasteiger partial charge in [-0.05, 0) is 48.9 Å². The molecule has 0 aliphatic carbocycles. The van der Waals surface area contributed by atoms with Crippen LogP contribution in [0, 0.1) is 6.92 Å². The second kappa shape index (κ2) is 10.0. The molecule has 3 aromatic rings. The van der Waals surface area contributed by atoms with Gasteiger partial charge in [0.25, 0.3) is 5.91 Å². The highest BCUT2D eigenvalue weighted by Gasteiger charge is 2.07. The first-order valence-corrected chi connectivity index (χ1v) is 9.36. The quantitative estimate of drug-likeness (QED) is 0.366. The van der Waals surface area contributed by atoms with Crippen LogP contribution in [0.15, 0.2) is 77.9 Å². The smallest absolute Gasteiger partial charge is 0.337 e. The Balaban J connectivity index is 1.62. The summed E-state index contributed by atoms with van der Waals surface area (Å²) in [6.45, 7) is 2.25. The highest BCUT2D eigenvalue weighted by Crippen LogP contribution is 2.18. The number of hydrazone groups is 1. The summed E-state index contributed by atoms with van der Waals surface area (Å²) in [6.07, 6.45) is 1.55. The van der Waals surface area contributed by atoms with E-state index in [1.165, 1.54) is 7.11 Å². The van der Waals surface area contributed by atoms with Gasteiger partial charge in [0.2, 0.25) is 0 Å². The minimum atomic E-state index is -0.378. The van der Waals surface area contributed by atoms with Gasteiger partial charge in [0.05, 0.1) is 18.9 Å².